The van der Waals surface area contributed by atoms with Crippen molar-refractivity contribution < 1.29 is 23.7 Å². The van der Waals surface area contributed by atoms with Crippen LogP contribution in [0.3, 0.4) is 0 Å². The zero-order valence-corrected chi connectivity index (χ0v) is 15.8. The number of carbonyl (C=O) groups excluding carboxylic acids is 1. The van der Waals surface area contributed by atoms with Crippen LogP contribution in [0.5, 0.6) is 17.2 Å². The fourth-order valence-corrected chi connectivity index (χ4v) is 3.52. The van der Waals surface area contributed by atoms with E-state index < -0.39 is 0 Å². The topological polar surface area (TPSA) is 69.3 Å². The summed E-state index contributed by atoms with van der Waals surface area (Å²) >= 11 is 0. The number of nitrogens with zero attached hydrogens (tertiary/aromatic N) is 1. The summed E-state index contributed by atoms with van der Waals surface area (Å²) < 4.78 is 21.5. The Bertz CT molecular complexity index is 835. The summed E-state index contributed by atoms with van der Waals surface area (Å²) in [5.74, 6) is 1.93. The first-order valence-electron chi connectivity index (χ1n) is 9.38. The SMILES string of the molecule is COc1cccc([C@H](CNC(=O)c2ccc3c(c2)OCO3)N2CCOCC2)c1. The van der Waals surface area contributed by atoms with Crippen LogP contribution in [0.25, 0.3) is 0 Å². The van der Waals surface area contributed by atoms with Crippen molar-refractivity contribution in [2.24, 2.45) is 0 Å². The maximum atomic E-state index is 12.7. The normalized spacial score (nSPS) is 17.2. The smallest absolute Gasteiger partial charge is 0.251 e. The number of nitrogens with one attached hydrogen (secondary N) is 1. The first-order chi connectivity index (χ1) is 13.7. The van der Waals surface area contributed by atoms with E-state index in [4.69, 9.17) is 18.9 Å². The summed E-state index contributed by atoms with van der Waals surface area (Å²) in [6.07, 6.45) is 0. The minimum Gasteiger partial charge on any atom is -0.497 e. The monoisotopic (exact) mass is 384 g/mol. The van der Waals surface area contributed by atoms with Gasteiger partial charge >= 0.3 is 0 Å². The third kappa shape index (κ3) is 4.05. The second-order valence-electron chi connectivity index (χ2n) is 6.72. The molecule has 7 nitrogen and oxygen atoms in total. The largest absolute Gasteiger partial charge is 0.497 e. The molecule has 0 radical (unpaired) electrons. The lowest BCUT2D eigenvalue weighted by molar-refractivity contribution is 0.0162. The zero-order valence-electron chi connectivity index (χ0n) is 15.8. The van der Waals surface area contributed by atoms with Crippen molar-refractivity contribution in [3.8, 4) is 17.2 Å². The molecule has 1 N–H and O–H groups in total. The van der Waals surface area contributed by atoms with Crippen molar-refractivity contribution in [1.82, 2.24) is 10.2 Å². The Kier molecular flexibility index (Phi) is 5.64. The summed E-state index contributed by atoms with van der Waals surface area (Å²) in [4.78, 5) is 15.0. The lowest BCUT2D eigenvalue weighted by atomic mass is 10.0. The second-order valence-corrected chi connectivity index (χ2v) is 6.72. The maximum Gasteiger partial charge on any atom is 0.251 e. The molecule has 4 rings (SSSR count). The molecule has 1 atom stereocenters. The van der Waals surface area contributed by atoms with Crippen molar-refractivity contribution >= 4 is 5.91 Å². The zero-order chi connectivity index (χ0) is 19.3. The molecule has 2 heterocycles. The third-order valence-electron chi connectivity index (χ3n) is 5.06. The number of hydrogen-bond acceptors (Lipinski definition) is 6. The first-order valence-corrected chi connectivity index (χ1v) is 9.38. The van der Waals surface area contributed by atoms with Gasteiger partial charge in [0.15, 0.2) is 11.5 Å². The highest BCUT2D eigenvalue weighted by molar-refractivity contribution is 5.95. The molecule has 0 bridgehead atoms. The quantitative estimate of drug-likeness (QED) is 0.824. The molecule has 2 aromatic rings. The van der Waals surface area contributed by atoms with Crippen molar-refractivity contribution in [2.75, 3.05) is 46.8 Å². The molecule has 148 valence electrons. The highest BCUT2D eigenvalue weighted by Crippen LogP contribution is 2.32. The Morgan fingerprint density at radius 2 is 1.96 bits per heavy atom. The van der Waals surface area contributed by atoms with E-state index in [1.807, 2.05) is 18.2 Å². The number of hydrogen-bond donors (Lipinski definition) is 1. The van der Waals surface area contributed by atoms with Crippen molar-refractivity contribution in [3.63, 3.8) is 0 Å². The fraction of sp³-hybridized carbons (Fsp3) is 0.381. The van der Waals surface area contributed by atoms with Crippen LogP contribution in [-0.4, -0.2) is 57.6 Å². The Balaban J connectivity index is 1.49. The van der Waals surface area contributed by atoms with Gasteiger partial charge in [-0.05, 0) is 35.9 Å². The van der Waals surface area contributed by atoms with Crippen LogP contribution >= 0.6 is 0 Å². The standard InChI is InChI=1S/C21H24N2O5/c1-25-17-4-2-3-15(11-17)18(23-7-9-26-10-8-23)13-22-21(24)16-5-6-19-20(12-16)28-14-27-19/h2-6,11-12,18H,7-10,13-14H2,1H3,(H,22,24)/t18-/m0/s1. The summed E-state index contributed by atoms with van der Waals surface area (Å²) in [7, 11) is 1.66. The molecule has 0 unspecified atom stereocenters. The Morgan fingerprint density at radius 3 is 2.79 bits per heavy atom. The van der Waals surface area contributed by atoms with Gasteiger partial charge in [0.05, 0.1) is 26.4 Å². The Hall–Kier alpha value is -2.77. The molecule has 0 spiro atoms. The summed E-state index contributed by atoms with van der Waals surface area (Å²) in [6.45, 7) is 3.70. The molecule has 28 heavy (non-hydrogen) atoms. The number of amides is 1. The lowest BCUT2D eigenvalue weighted by Gasteiger charge is -2.35. The highest BCUT2D eigenvalue weighted by atomic mass is 16.7. The van der Waals surface area contributed by atoms with Gasteiger partial charge in [0.2, 0.25) is 6.79 Å². The van der Waals surface area contributed by atoms with Gasteiger partial charge in [-0.3, -0.25) is 9.69 Å². The van der Waals surface area contributed by atoms with Crippen molar-refractivity contribution in [2.45, 2.75) is 6.04 Å². The minimum absolute atomic E-state index is 0.0389. The molecule has 1 amide bonds. The average Bonchev–Trinajstić information content (AvgIpc) is 3.22. The van der Waals surface area contributed by atoms with E-state index in [1.54, 1.807) is 25.3 Å². The summed E-state index contributed by atoms with van der Waals surface area (Å²) in [5, 5.41) is 3.06. The number of methoxy groups -OCH3 is 1. The van der Waals surface area contributed by atoms with Crippen LogP contribution in [0.4, 0.5) is 0 Å². The van der Waals surface area contributed by atoms with Crippen LogP contribution in [0.15, 0.2) is 42.5 Å². The van der Waals surface area contributed by atoms with Gasteiger partial charge in [-0.25, -0.2) is 0 Å². The Labute approximate surface area is 164 Å². The molecule has 1 fully saturated rings. The van der Waals surface area contributed by atoms with Crippen LogP contribution < -0.4 is 19.5 Å². The van der Waals surface area contributed by atoms with E-state index in [9.17, 15) is 4.79 Å². The van der Waals surface area contributed by atoms with E-state index in [-0.39, 0.29) is 18.7 Å². The van der Waals surface area contributed by atoms with Crippen LogP contribution in [0.1, 0.15) is 22.0 Å². The van der Waals surface area contributed by atoms with Gasteiger partial charge in [-0.2, -0.15) is 0 Å². The van der Waals surface area contributed by atoms with Crippen LogP contribution in [-0.2, 0) is 4.74 Å². The predicted octanol–water partition coefficient (Wildman–Crippen LogP) is 2.23. The van der Waals surface area contributed by atoms with E-state index in [0.717, 1.165) is 24.4 Å². The number of ether oxygens (including phenoxy) is 4. The van der Waals surface area contributed by atoms with E-state index in [1.165, 1.54) is 0 Å². The summed E-state index contributed by atoms with van der Waals surface area (Å²) in [5.41, 5.74) is 1.66. The predicted molar refractivity (Wildman–Crippen MR) is 103 cm³/mol. The van der Waals surface area contributed by atoms with E-state index >= 15 is 0 Å². The molecule has 2 aromatic carbocycles. The number of benzene rings is 2. The van der Waals surface area contributed by atoms with Crippen molar-refractivity contribution in [3.05, 3.63) is 53.6 Å². The molecule has 1 saturated heterocycles. The molecule has 0 aromatic heterocycles. The van der Waals surface area contributed by atoms with Crippen LogP contribution in [0.2, 0.25) is 0 Å². The molecule has 2 aliphatic rings. The molecular formula is C21H24N2O5. The van der Waals surface area contributed by atoms with Gasteiger partial charge in [0.1, 0.15) is 5.75 Å². The van der Waals surface area contributed by atoms with E-state index in [0.29, 0.717) is 36.8 Å². The molecule has 0 saturated carbocycles. The number of rotatable bonds is 6. The number of fused-ring (bicyclic) bond motifs is 1. The second kappa shape index (κ2) is 8.50. The Morgan fingerprint density at radius 1 is 1.14 bits per heavy atom. The highest BCUT2D eigenvalue weighted by Gasteiger charge is 2.24. The van der Waals surface area contributed by atoms with Gasteiger partial charge in [0.25, 0.3) is 5.91 Å². The number of carbonyl (C=O) groups is 1. The van der Waals surface area contributed by atoms with Gasteiger partial charge in [-0.1, -0.05) is 12.1 Å². The minimum atomic E-state index is -0.139. The van der Waals surface area contributed by atoms with Gasteiger partial charge < -0.3 is 24.3 Å². The van der Waals surface area contributed by atoms with E-state index in [2.05, 4.69) is 16.3 Å². The molecule has 2 aliphatic heterocycles. The van der Waals surface area contributed by atoms with Crippen LogP contribution in [0, 0.1) is 0 Å². The van der Waals surface area contributed by atoms with Gasteiger partial charge in [-0.15, -0.1) is 0 Å². The summed E-state index contributed by atoms with van der Waals surface area (Å²) in [6, 6.07) is 13.2. The fourth-order valence-electron chi connectivity index (χ4n) is 3.52. The maximum absolute atomic E-state index is 12.7. The van der Waals surface area contributed by atoms with Crippen molar-refractivity contribution in [1.29, 1.82) is 0 Å². The average molecular weight is 384 g/mol. The molecule has 0 aliphatic carbocycles. The third-order valence-corrected chi connectivity index (χ3v) is 5.06. The molecule has 7 heteroatoms. The lowest BCUT2D eigenvalue weighted by Crippen LogP contribution is -2.43. The first kappa shape index (κ1) is 18.6. The van der Waals surface area contributed by atoms with Gasteiger partial charge in [0, 0.05) is 25.2 Å². The number of morpholine rings is 1. The molecular weight excluding hydrogens is 360 g/mol.